The second-order valence-electron chi connectivity index (χ2n) is 9.56. The first-order valence-corrected chi connectivity index (χ1v) is 13.4. The monoisotopic (exact) mass is 573 g/mol. The van der Waals surface area contributed by atoms with Crippen LogP contribution in [0.3, 0.4) is 0 Å². The number of ether oxygens (including phenoxy) is 1. The Morgan fingerprint density at radius 1 is 0.974 bits per heavy atom. The van der Waals surface area contributed by atoms with E-state index in [4.69, 9.17) is 10.5 Å². The van der Waals surface area contributed by atoms with E-state index in [9.17, 15) is 31.1 Å². The van der Waals surface area contributed by atoms with Crippen molar-refractivity contribution in [1.29, 1.82) is 0 Å². The van der Waals surface area contributed by atoms with Crippen LogP contribution < -0.4 is 11.1 Å². The van der Waals surface area contributed by atoms with Gasteiger partial charge in [-0.15, -0.1) is 0 Å². The number of nitrogens with zero attached hydrogens (tertiary/aromatic N) is 1. The molecule has 39 heavy (non-hydrogen) atoms. The van der Waals surface area contributed by atoms with E-state index in [-0.39, 0.29) is 12.1 Å². The summed E-state index contributed by atoms with van der Waals surface area (Å²) in [6.07, 6.45) is -6.27. The van der Waals surface area contributed by atoms with Crippen LogP contribution in [-0.4, -0.2) is 49.2 Å². The lowest BCUT2D eigenvalue weighted by atomic mass is 9.99. The Labute approximate surface area is 226 Å². The van der Waals surface area contributed by atoms with E-state index in [2.05, 4.69) is 5.32 Å². The fourth-order valence-electron chi connectivity index (χ4n) is 4.65. The number of rotatable bonds is 6. The van der Waals surface area contributed by atoms with Gasteiger partial charge in [0.15, 0.2) is 0 Å². The molecule has 2 aromatic carbocycles. The van der Waals surface area contributed by atoms with E-state index in [0.29, 0.717) is 61.5 Å². The van der Waals surface area contributed by atoms with Crippen LogP contribution >= 0.6 is 11.8 Å². The van der Waals surface area contributed by atoms with E-state index in [1.165, 1.54) is 4.90 Å². The first kappa shape index (κ1) is 29.3. The van der Waals surface area contributed by atoms with Crippen molar-refractivity contribution in [2.24, 2.45) is 5.73 Å². The minimum Gasteiger partial charge on any atom is -0.382 e. The van der Waals surface area contributed by atoms with Gasteiger partial charge in [-0.05, 0) is 61.6 Å². The fourth-order valence-corrected chi connectivity index (χ4v) is 5.69. The molecule has 0 bridgehead atoms. The van der Waals surface area contributed by atoms with Crippen LogP contribution in [0.5, 0.6) is 0 Å². The van der Waals surface area contributed by atoms with Gasteiger partial charge in [0.2, 0.25) is 5.91 Å². The second-order valence-corrected chi connectivity index (χ2v) is 10.7. The number of nitrogens with two attached hydrogens (primary N) is 1. The minimum absolute atomic E-state index is 0.0624. The fraction of sp³-hybridized carbons (Fsp3) is 0.444. The van der Waals surface area contributed by atoms with Crippen molar-refractivity contribution in [3.63, 3.8) is 0 Å². The van der Waals surface area contributed by atoms with E-state index in [0.717, 1.165) is 37.1 Å². The number of benzene rings is 2. The molecule has 0 radical (unpaired) electrons. The Hall–Kier alpha value is -2.70. The van der Waals surface area contributed by atoms with Gasteiger partial charge in [0, 0.05) is 59.9 Å². The Bertz CT molecular complexity index is 1190. The first-order chi connectivity index (χ1) is 18.4. The number of anilines is 1. The lowest BCUT2D eigenvalue weighted by Gasteiger charge is -2.29. The summed E-state index contributed by atoms with van der Waals surface area (Å²) in [5.41, 5.74) is 2.15. The molecule has 2 aromatic rings. The number of piperidine rings is 1. The van der Waals surface area contributed by atoms with Crippen molar-refractivity contribution in [3.8, 4) is 0 Å². The van der Waals surface area contributed by atoms with E-state index >= 15 is 0 Å². The Balaban J connectivity index is 1.64. The number of alkyl halides is 6. The average Bonchev–Trinajstić information content (AvgIpc) is 2.87. The van der Waals surface area contributed by atoms with Crippen LogP contribution in [-0.2, 0) is 21.9 Å². The molecule has 4 rings (SSSR count). The summed E-state index contributed by atoms with van der Waals surface area (Å²) in [7, 11) is 0. The van der Waals surface area contributed by atoms with Crippen LogP contribution in [0, 0.1) is 0 Å². The van der Waals surface area contributed by atoms with Crippen molar-refractivity contribution >= 4 is 29.4 Å². The summed E-state index contributed by atoms with van der Waals surface area (Å²) < 4.78 is 90.3. The number of nitrogens with one attached hydrogen (secondary N) is 1. The van der Waals surface area contributed by atoms with Crippen molar-refractivity contribution in [2.45, 2.75) is 59.9 Å². The number of likely N-dealkylation sites (tertiary alicyclic amines) is 1. The zero-order valence-electron chi connectivity index (χ0n) is 20.9. The van der Waals surface area contributed by atoms with Crippen molar-refractivity contribution in [1.82, 2.24) is 4.90 Å². The molecular formula is C27H29F6N3O2S. The average molecular weight is 574 g/mol. The van der Waals surface area contributed by atoms with Gasteiger partial charge in [0.1, 0.15) is 0 Å². The minimum atomic E-state index is -5.31. The lowest BCUT2D eigenvalue weighted by molar-refractivity contribution is -0.163. The van der Waals surface area contributed by atoms with Crippen LogP contribution in [0.25, 0.3) is 6.08 Å². The molecule has 5 nitrogen and oxygen atoms in total. The molecule has 2 saturated heterocycles. The number of hydrogen-bond donors (Lipinski definition) is 2. The highest BCUT2D eigenvalue weighted by Crippen LogP contribution is 2.48. The van der Waals surface area contributed by atoms with Gasteiger partial charge in [-0.3, -0.25) is 4.79 Å². The lowest BCUT2D eigenvalue weighted by Crippen LogP contribution is -2.42. The molecule has 12 heteroatoms. The third kappa shape index (κ3) is 7.70. The number of carbonyl (C=O) groups excluding carboxylic acids is 1. The van der Waals surface area contributed by atoms with Crippen LogP contribution in [0.4, 0.5) is 32.0 Å². The highest BCUT2D eigenvalue weighted by atomic mass is 32.2. The van der Waals surface area contributed by atoms with Gasteiger partial charge in [-0.1, -0.05) is 23.9 Å². The number of hydrogen-bond acceptors (Lipinski definition) is 5. The molecule has 1 amide bonds. The largest absolute Gasteiger partial charge is 0.418 e. The summed E-state index contributed by atoms with van der Waals surface area (Å²) in [5.74, 6) is -0.573. The summed E-state index contributed by atoms with van der Waals surface area (Å²) in [6.45, 7) is 1.87. The maximum Gasteiger partial charge on any atom is 0.418 e. The molecular weight excluding hydrogens is 544 g/mol. The molecule has 0 atom stereocenters. The number of carbonyl (C=O) groups is 1. The van der Waals surface area contributed by atoms with Crippen molar-refractivity contribution in [2.75, 3.05) is 31.6 Å². The van der Waals surface area contributed by atoms with Crippen molar-refractivity contribution in [3.05, 3.63) is 59.2 Å². The zero-order valence-corrected chi connectivity index (χ0v) is 21.8. The molecule has 2 fully saturated rings. The molecule has 0 spiro atoms. The Morgan fingerprint density at radius 2 is 1.64 bits per heavy atom. The third-order valence-electron chi connectivity index (χ3n) is 6.68. The summed E-state index contributed by atoms with van der Waals surface area (Å²) >= 11 is 0.608. The SMILES string of the molecule is NC1CCN(C(=O)C=Cc2ccc(Sc3cccc(NC4CCOCC4)c3)c(C(F)(F)F)c2C(F)(F)F)CC1. The van der Waals surface area contributed by atoms with Gasteiger partial charge in [-0.2, -0.15) is 26.3 Å². The van der Waals surface area contributed by atoms with Gasteiger partial charge in [-0.25, -0.2) is 0 Å². The molecule has 2 aliphatic heterocycles. The molecule has 0 aromatic heterocycles. The highest BCUT2D eigenvalue weighted by Gasteiger charge is 2.46. The molecule has 0 aliphatic carbocycles. The third-order valence-corrected chi connectivity index (χ3v) is 7.73. The second kappa shape index (κ2) is 12.2. The van der Waals surface area contributed by atoms with Crippen LogP contribution in [0.1, 0.15) is 42.4 Å². The maximum atomic E-state index is 14.2. The van der Waals surface area contributed by atoms with Crippen LogP contribution in [0.2, 0.25) is 0 Å². The first-order valence-electron chi connectivity index (χ1n) is 12.6. The quantitative estimate of drug-likeness (QED) is 0.308. The number of amides is 1. The topological polar surface area (TPSA) is 67.6 Å². The molecule has 2 aliphatic rings. The molecule has 0 unspecified atom stereocenters. The predicted octanol–water partition coefficient (Wildman–Crippen LogP) is 6.43. The Kier molecular flexibility index (Phi) is 9.18. The van der Waals surface area contributed by atoms with E-state index in [1.807, 2.05) is 0 Å². The van der Waals surface area contributed by atoms with Gasteiger partial charge in [0.25, 0.3) is 0 Å². The van der Waals surface area contributed by atoms with Gasteiger partial charge >= 0.3 is 12.4 Å². The van der Waals surface area contributed by atoms with Crippen molar-refractivity contribution < 1.29 is 35.9 Å². The smallest absolute Gasteiger partial charge is 0.382 e. The highest BCUT2D eigenvalue weighted by molar-refractivity contribution is 7.99. The Morgan fingerprint density at radius 3 is 2.28 bits per heavy atom. The predicted molar refractivity (Wildman–Crippen MR) is 137 cm³/mol. The summed E-state index contributed by atoms with van der Waals surface area (Å²) in [6, 6.07) is 8.62. The standard InChI is InChI=1S/C27H29F6N3O2S/c28-26(29,30)24-17(5-7-23(37)36-12-8-18(34)9-13-36)4-6-22(25(24)27(31,32)33)39-21-3-1-2-20(16-21)35-19-10-14-38-15-11-19/h1-7,16,18-19,35H,8-15,34H2. The zero-order chi connectivity index (χ0) is 28.2. The molecule has 3 N–H and O–H groups in total. The van der Waals surface area contributed by atoms with E-state index < -0.39 is 39.8 Å². The van der Waals surface area contributed by atoms with Gasteiger partial charge in [0.05, 0.1) is 11.1 Å². The van der Waals surface area contributed by atoms with Gasteiger partial charge < -0.3 is 20.7 Å². The summed E-state index contributed by atoms with van der Waals surface area (Å²) in [5, 5.41) is 3.31. The molecule has 2 heterocycles. The molecule has 212 valence electrons. The molecule has 0 saturated carbocycles. The number of halogens is 6. The maximum absolute atomic E-state index is 14.2. The normalized spacial score (nSPS) is 18.1. The van der Waals surface area contributed by atoms with E-state index in [1.54, 1.807) is 24.3 Å². The summed E-state index contributed by atoms with van der Waals surface area (Å²) in [4.78, 5) is 13.7. The van der Waals surface area contributed by atoms with Crippen LogP contribution in [0.15, 0.2) is 52.3 Å².